The standard InChI is InChI=1S/C25H19Cl3N4O6S2/c1-10(33)30-21-13(20(24(35)36)32-22(34)19(23(32)40-21)15-9-39-25(29)31-15)8-37-18-7-12(27)3-5-17(18)38-16-4-2-11(26)6-14(16)28/h2-7,9,19,21,23H,8H2,1H3,(H2,29,31)(H,30,33)(H,35,36)/t19?,21?,23-/m0/s1. The van der Waals surface area contributed by atoms with Crippen LogP contribution in [0.3, 0.4) is 0 Å². The molecule has 10 nitrogen and oxygen atoms in total. The molecule has 2 aliphatic heterocycles. The number of anilines is 1. The molecule has 1 fully saturated rings. The maximum absolute atomic E-state index is 13.2. The highest BCUT2D eigenvalue weighted by atomic mass is 35.5. The minimum absolute atomic E-state index is 0.170. The molecule has 0 radical (unpaired) electrons. The zero-order chi connectivity index (χ0) is 28.7. The van der Waals surface area contributed by atoms with E-state index in [1.54, 1.807) is 29.6 Å². The number of carbonyl (C=O) groups excluding carboxylic acids is 2. The number of carboxylic acid groups (broad SMARTS) is 1. The lowest BCUT2D eigenvalue weighted by Gasteiger charge is -2.50. The van der Waals surface area contributed by atoms with Crippen molar-refractivity contribution < 1.29 is 29.0 Å². The highest BCUT2D eigenvalue weighted by Crippen LogP contribution is 2.51. The third-order valence-electron chi connectivity index (χ3n) is 5.98. The Balaban J connectivity index is 1.47. The third kappa shape index (κ3) is 5.54. The Bertz CT molecular complexity index is 1560. The normalized spacial score (nSPS) is 20.1. The van der Waals surface area contributed by atoms with Gasteiger partial charge in [-0.3, -0.25) is 14.5 Å². The van der Waals surface area contributed by atoms with Crippen LogP contribution in [0.1, 0.15) is 18.5 Å². The average Bonchev–Trinajstić information content (AvgIpc) is 3.30. The molecule has 0 spiro atoms. The molecule has 0 bridgehead atoms. The lowest BCUT2D eigenvalue weighted by atomic mass is 9.92. The number of hydrogen-bond donors (Lipinski definition) is 3. The number of fused-ring (bicyclic) bond motifs is 1. The first kappa shape index (κ1) is 28.4. The molecule has 2 aliphatic rings. The summed E-state index contributed by atoms with van der Waals surface area (Å²) in [4.78, 5) is 43.1. The maximum atomic E-state index is 13.2. The van der Waals surface area contributed by atoms with Crippen LogP contribution in [0.2, 0.25) is 15.1 Å². The lowest BCUT2D eigenvalue weighted by Crippen LogP contribution is -2.62. The van der Waals surface area contributed by atoms with Crippen LogP contribution in [0.15, 0.2) is 53.0 Å². The van der Waals surface area contributed by atoms with Crippen LogP contribution in [0.5, 0.6) is 17.2 Å². The van der Waals surface area contributed by atoms with Gasteiger partial charge in [-0.2, -0.15) is 0 Å². The van der Waals surface area contributed by atoms with Gasteiger partial charge in [0.15, 0.2) is 16.6 Å². The van der Waals surface area contributed by atoms with Crippen molar-refractivity contribution >= 4 is 80.8 Å². The Hall–Kier alpha value is -3.16. The monoisotopic (exact) mass is 640 g/mol. The molecule has 1 aromatic heterocycles. The van der Waals surface area contributed by atoms with Crippen LogP contribution in [0.4, 0.5) is 5.13 Å². The van der Waals surface area contributed by atoms with E-state index in [0.29, 0.717) is 26.6 Å². The fourth-order valence-electron chi connectivity index (χ4n) is 4.26. The number of thiazole rings is 1. The molecule has 4 N–H and O–H groups in total. The number of benzene rings is 2. The molecule has 40 heavy (non-hydrogen) atoms. The minimum Gasteiger partial charge on any atom is -0.485 e. The van der Waals surface area contributed by atoms with Crippen LogP contribution in [-0.4, -0.2) is 50.1 Å². The van der Waals surface area contributed by atoms with Gasteiger partial charge in [0.1, 0.15) is 34.7 Å². The highest BCUT2D eigenvalue weighted by molar-refractivity contribution is 8.00. The molecule has 1 saturated heterocycles. The number of β-lactam (4-membered cyclic amide) rings is 1. The second-order valence-corrected chi connectivity index (χ2v) is 12.0. The van der Waals surface area contributed by atoms with E-state index < -0.39 is 34.4 Å². The Morgan fingerprint density at radius 3 is 2.45 bits per heavy atom. The van der Waals surface area contributed by atoms with Crippen molar-refractivity contribution in [2.75, 3.05) is 12.3 Å². The van der Waals surface area contributed by atoms with Crippen molar-refractivity contribution in [2.24, 2.45) is 0 Å². The van der Waals surface area contributed by atoms with Gasteiger partial charge in [-0.25, -0.2) is 9.78 Å². The topological polar surface area (TPSA) is 144 Å². The SMILES string of the molecule is CC(=O)NC1S[C@H]2C(c3csc(N)n3)C(=O)N2C(C(=O)O)=C1COc1cc(Cl)ccc1Oc1ccc(Cl)cc1Cl. The largest absolute Gasteiger partial charge is 0.485 e. The Morgan fingerprint density at radius 1 is 1.12 bits per heavy atom. The molecule has 2 amide bonds. The average molecular weight is 642 g/mol. The highest BCUT2D eigenvalue weighted by Gasteiger charge is 2.57. The summed E-state index contributed by atoms with van der Waals surface area (Å²) in [6, 6.07) is 9.35. The first-order valence-corrected chi connectivity index (χ1v) is 14.5. The number of nitrogens with one attached hydrogen (secondary N) is 1. The third-order valence-corrected chi connectivity index (χ3v) is 8.87. The van der Waals surface area contributed by atoms with Gasteiger partial charge in [0.2, 0.25) is 11.8 Å². The van der Waals surface area contributed by atoms with Gasteiger partial charge in [-0.15, -0.1) is 23.1 Å². The summed E-state index contributed by atoms with van der Waals surface area (Å²) in [5.74, 6) is -2.17. The van der Waals surface area contributed by atoms with Gasteiger partial charge in [-0.1, -0.05) is 34.8 Å². The van der Waals surface area contributed by atoms with Gasteiger partial charge in [0, 0.05) is 34.0 Å². The second kappa shape index (κ2) is 11.4. The van der Waals surface area contributed by atoms with E-state index >= 15 is 0 Å². The predicted molar refractivity (Wildman–Crippen MR) is 153 cm³/mol. The van der Waals surface area contributed by atoms with E-state index in [0.717, 1.165) is 0 Å². The Kier molecular flexibility index (Phi) is 8.07. The molecule has 0 aliphatic carbocycles. The molecular formula is C25H19Cl3N4O6S2. The summed E-state index contributed by atoms with van der Waals surface area (Å²) in [5.41, 5.74) is 6.09. The molecule has 3 heterocycles. The number of nitrogens with zero attached hydrogens (tertiary/aromatic N) is 2. The quantitative estimate of drug-likeness (QED) is 0.277. The molecule has 3 atom stereocenters. The van der Waals surface area contributed by atoms with Gasteiger partial charge in [0.05, 0.1) is 10.7 Å². The van der Waals surface area contributed by atoms with Crippen molar-refractivity contribution in [2.45, 2.75) is 23.6 Å². The van der Waals surface area contributed by atoms with E-state index in [9.17, 15) is 19.5 Å². The predicted octanol–water partition coefficient (Wildman–Crippen LogP) is 5.36. The summed E-state index contributed by atoms with van der Waals surface area (Å²) in [6.45, 7) is 1.00. The zero-order valence-corrected chi connectivity index (χ0v) is 24.3. The minimum atomic E-state index is -1.35. The number of ether oxygens (including phenoxy) is 2. The molecule has 3 aromatic rings. The fourth-order valence-corrected chi connectivity index (χ4v) is 7.07. The number of hydrogen-bond acceptors (Lipinski definition) is 9. The van der Waals surface area contributed by atoms with Crippen LogP contribution in [0, 0.1) is 0 Å². The Morgan fingerprint density at radius 2 is 1.82 bits per heavy atom. The second-order valence-electron chi connectivity index (χ2n) is 8.64. The number of thioether (sulfide) groups is 1. The summed E-state index contributed by atoms with van der Waals surface area (Å²) in [6.07, 6.45) is 0. The van der Waals surface area contributed by atoms with Crippen molar-refractivity contribution in [1.82, 2.24) is 15.2 Å². The number of aliphatic carboxylic acids is 1. The number of halogens is 3. The summed E-state index contributed by atoms with van der Waals surface area (Å²) >= 11 is 20.8. The summed E-state index contributed by atoms with van der Waals surface area (Å²) in [7, 11) is 0. The number of nitrogen functional groups attached to an aromatic ring is 1. The van der Waals surface area contributed by atoms with Crippen LogP contribution < -0.4 is 20.5 Å². The number of nitrogens with two attached hydrogens (primary N) is 1. The van der Waals surface area contributed by atoms with Crippen molar-refractivity contribution in [3.8, 4) is 17.2 Å². The van der Waals surface area contributed by atoms with Gasteiger partial charge < -0.3 is 25.6 Å². The molecular weight excluding hydrogens is 623 g/mol. The fraction of sp³-hybridized carbons (Fsp3) is 0.200. The van der Waals surface area contributed by atoms with E-state index in [1.165, 1.54) is 47.1 Å². The molecule has 208 valence electrons. The smallest absolute Gasteiger partial charge is 0.352 e. The molecule has 0 saturated carbocycles. The van der Waals surface area contributed by atoms with Crippen LogP contribution >= 0.6 is 57.9 Å². The first-order chi connectivity index (χ1) is 19.0. The summed E-state index contributed by atoms with van der Waals surface area (Å²) < 4.78 is 11.9. The summed E-state index contributed by atoms with van der Waals surface area (Å²) in [5, 5.41) is 14.5. The number of rotatable bonds is 8. The Labute approximate surface area is 251 Å². The van der Waals surface area contributed by atoms with E-state index in [2.05, 4.69) is 10.3 Å². The number of amides is 2. The number of carboxylic acids is 1. The molecule has 2 unspecified atom stereocenters. The van der Waals surface area contributed by atoms with Crippen molar-refractivity contribution in [1.29, 1.82) is 0 Å². The van der Waals surface area contributed by atoms with E-state index in [4.69, 9.17) is 50.0 Å². The number of aromatic nitrogens is 1. The van der Waals surface area contributed by atoms with Crippen molar-refractivity contribution in [3.05, 3.63) is 73.8 Å². The molecule has 2 aromatic carbocycles. The molecule has 5 rings (SSSR count). The van der Waals surface area contributed by atoms with E-state index in [-0.39, 0.29) is 34.4 Å². The van der Waals surface area contributed by atoms with Gasteiger partial charge >= 0.3 is 5.97 Å². The first-order valence-electron chi connectivity index (χ1n) is 11.5. The van der Waals surface area contributed by atoms with Crippen LogP contribution in [0.25, 0.3) is 0 Å². The van der Waals surface area contributed by atoms with Crippen LogP contribution in [-0.2, 0) is 14.4 Å². The molecule has 15 heteroatoms. The maximum Gasteiger partial charge on any atom is 0.352 e. The van der Waals surface area contributed by atoms with Gasteiger partial charge in [0.25, 0.3) is 0 Å². The van der Waals surface area contributed by atoms with E-state index in [1.807, 2.05) is 0 Å². The number of carbonyl (C=O) groups is 3. The zero-order valence-electron chi connectivity index (χ0n) is 20.4. The van der Waals surface area contributed by atoms with Crippen molar-refractivity contribution in [3.63, 3.8) is 0 Å². The lowest BCUT2D eigenvalue weighted by molar-refractivity contribution is -0.148. The van der Waals surface area contributed by atoms with Gasteiger partial charge in [-0.05, 0) is 30.3 Å².